The molecule has 0 saturated heterocycles. The maximum Gasteiger partial charge on any atom is 0.573 e. The lowest BCUT2D eigenvalue weighted by Gasteiger charge is -2.19. The molecule has 1 aromatic carbocycles. The monoisotopic (exact) mass is 397 g/mol. The van der Waals surface area contributed by atoms with Crippen LogP contribution in [-0.4, -0.2) is 29.9 Å². The fourth-order valence-corrected chi connectivity index (χ4v) is 1.87. The van der Waals surface area contributed by atoms with E-state index in [0.717, 1.165) is 6.07 Å². The third-order valence-corrected chi connectivity index (χ3v) is 3.69. The highest BCUT2D eigenvalue weighted by molar-refractivity contribution is 9.10. The van der Waals surface area contributed by atoms with Crippen molar-refractivity contribution in [2.24, 2.45) is 5.41 Å². The summed E-state index contributed by atoms with van der Waals surface area (Å²) >= 11 is 2.90. The first-order valence-electron chi connectivity index (χ1n) is 6.49. The number of halogens is 4. The lowest BCUT2D eigenvalue weighted by Crippen LogP contribution is -2.32. The zero-order valence-electron chi connectivity index (χ0n) is 12.3. The summed E-state index contributed by atoms with van der Waals surface area (Å²) in [5.74, 6) is -2.15. The molecule has 0 unspecified atom stereocenters. The molecule has 0 atom stereocenters. The molecule has 23 heavy (non-hydrogen) atoms. The third kappa shape index (κ3) is 6.09. The highest BCUT2D eigenvalue weighted by atomic mass is 79.9. The zero-order valence-corrected chi connectivity index (χ0v) is 13.9. The summed E-state index contributed by atoms with van der Waals surface area (Å²) in [6.07, 6.45) is -4.69. The Morgan fingerprint density at radius 3 is 2.43 bits per heavy atom. The van der Waals surface area contributed by atoms with Crippen LogP contribution in [0.4, 0.5) is 13.2 Å². The molecule has 9 heteroatoms. The van der Waals surface area contributed by atoms with Crippen molar-refractivity contribution in [2.45, 2.75) is 26.6 Å². The SMILES string of the molecule is CC(C)(CCNC(=O)c1ccc(Br)c(OC(F)(F)F)c1)C(=O)O. The van der Waals surface area contributed by atoms with Gasteiger partial charge in [0, 0.05) is 12.1 Å². The van der Waals surface area contributed by atoms with Crippen LogP contribution in [0.1, 0.15) is 30.6 Å². The molecule has 1 rings (SSSR count). The smallest absolute Gasteiger partial charge is 0.481 e. The van der Waals surface area contributed by atoms with Crippen molar-refractivity contribution in [3.63, 3.8) is 0 Å². The molecule has 1 aromatic rings. The molecule has 0 spiro atoms. The predicted octanol–water partition coefficient (Wildman–Crippen LogP) is 3.58. The van der Waals surface area contributed by atoms with Crippen LogP contribution in [0.15, 0.2) is 22.7 Å². The summed E-state index contributed by atoms with van der Waals surface area (Å²) in [6, 6.07) is 3.54. The minimum absolute atomic E-state index is 0.0272. The maximum atomic E-state index is 12.3. The fraction of sp³-hybridized carbons (Fsp3) is 0.429. The second-order valence-electron chi connectivity index (χ2n) is 5.39. The number of alkyl halides is 3. The highest BCUT2D eigenvalue weighted by Gasteiger charge is 2.32. The third-order valence-electron chi connectivity index (χ3n) is 3.03. The summed E-state index contributed by atoms with van der Waals surface area (Å²) in [7, 11) is 0. The summed E-state index contributed by atoms with van der Waals surface area (Å²) in [5, 5.41) is 11.4. The number of carboxylic acid groups (broad SMARTS) is 1. The van der Waals surface area contributed by atoms with E-state index in [2.05, 4.69) is 26.0 Å². The van der Waals surface area contributed by atoms with Gasteiger partial charge in [-0.05, 0) is 54.4 Å². The Labute approximate surface area is 138 Å². The van der Waals surface area contributed by atoms with Crippen LogP contribution >= 0.6 is 15.9 Å². The Hall–Kier alpha value is -1.77. The van der Waals surface area contributed by atoms with Crippen LogP contribution in [0, 0.1) is 5.41 Å². The number of rotatable bonds is 6. The Bertz CT molecular complexity index is 602. The molecule has 0 aliphatic carbocycles. The van der Waals surface area contributed by atoms with E-state index in [9.17, 15) is 22.8 Å². The van der Waals surface area contributed by atoms with E-state index in [1.54, 1.807) is 0 Å². The summed E-state index contributed by atoms with van der Waals surface area (Å²) < 4.78 is 40.7. The van der Waals surface area contributed by atoms with Crippen LogP contribution in [-0.2, 0) is 4.79 Å². The van der Waals surface area contributed by atoms with Crippen molar-refractivity contribution < 1.29 is 32.6 Å². The molecule has 0 aliphatic heterocycles. The molecule has 0 saturated carbocycles. The minimum Gasteiger partial charge on any atom is -0.481 e. The van der Waals surface area contributed by atoms with Crippen molar-refractivity contribution in [1.82, 2.24) is 5.32 Å². The van der Waals surface area contributed by atoms with Gasteiger partial charge < -0.3 is 15.2 Å². The van der Waals surface area contributed by atoms with Crippen LogP contribution in [0.5, 0.6) is 5.75 Å². The van der Waals surface area contributed by atoms with Gasteiger partial charge in [0.1, 0.15) is 5.75 Å². The van der Waals surface area contributed by atoms with Crippen LogP contribution in [0.2, 0.25) is 0 Å². The van der Waals surface area contributed by atoms with Gasteiger partial charge in [0.05, 0.1) is 9.89 Å². The predicted molar refractivity (Wildman–Crippen MR) is 79.2 cm³/mol. The molecule has 128 valence electrons. The number of benzene rings is 1. The van der Waals surface area contributed by atoms with Gasteiger partial charge in [0.15, 0.2) is 0 Å². The number of carbonyl (C=O) groups is 2. The number of nitrogens with one attached hydrogen (secondary N) is 1. The number of hydrogen-bond donors (Lipinski definition) is 2. The molecule has 0 bridgehead atoms. The first-order chi connectivity index (χ1) is 10.4. The van der Waals surface area contributed by atoms with Gasteiger partial charge in [0.25, 0.3) is 5.91 Å². The molecular weight excluding hydrogens is 383 g/mol. The normalized spacial score (nSPS) is 11.9. The van der Waals surface area contributed by atoms with Gasteiger partial charge in [-0.15, -0.1) is 13.2 Å². The lowest BCUT2D eigenvalue weighted by atomic mass is 9.90. The highest BCUT2D eigenvalue weighted by Crippen LogP contribution is 2.31. The zero-order chi connectivity index (χ0) is 17.8. The van der Waals surface area contributed by atoms with Gasteiger partial charge in [-0.3, -0.25) is 9.59 Å². The van der Waals surface area contributed by atoms with Crippen molar-refractivity contribution in [2.75, 3.05) is 6.54 Å². The van der Waals surface area contributed by atoms with E-state index >= 15 is 0 Å². The van der Waals surface area contributed by atoms with Gasteiger partial charge in [-0.25, -0.2) is 0 Å². The second kappa shape index (κ2) is 7.20. The van der Waals surface area contributed by atoms with Crippen LogP contribution in [0.3, 0.4) is 0 Å². The second-order valence-corrected chi connectivity index (χ2v) is 6.24. The summed E-state index contributed by atoms with van der Waals surface area (Å²) in [5.41, 5.74) is -1.04. The first-order valence-corrected chi connectivity index (χ1v) is 7.28. The average molecular weight is 398 g/mol. The van der Waals surface area contributed by atoms with E-state index in [4.69, 9.17) is 5.11 Å². The Kier molecular flexibility index (Phi) is 6.04. The van der Waals surface area contributed by atoms with Gasteiger partial charge in [0.2, 0.25) is 0 Å². The van der Waals surface area contributed by atoms with E-state index in [-0.39, 0.29) is 23.0 Å². The molecular formula is C14H15BrF3NO4. The lowest BCUT2D eigenvalue weighted by molar-refractivity contribution is -0.274. The fourth-order valence-electron chi connectivity index (χ4n) is 1.55. The van der Waals surface area contributed by atoms with Crippen molar-refractivity contribution in [1.29, 1.82) is 0 Å². The van der Waals surface area contributed by atoms with E-state index < -0.39 is 29.4 Å². The van der Waals surface area contributed by atoms with E-state index in [0.29, 0.717) is 0 Å². The number of carbonyl (C=O) groups excluding carboxylic acids is 1. The van der Waals surface area contributed by atoms with Crippen molar-refractivity contribution in [3.05, 3.63) is 28.2 Å². The molecule has 1 amide bonds. The van der Waals surface area contributed by atoms with Gasteiger partial charge >= 0.3 is 12.3 Å². The number of aliphatic carboxylic acids is 1. The topological polar surface area (TPSA) is 75.6 Å². The molecule has 0 fully saturated rings. The standard InChI is InChI=1S/C14H15BrF3NO4/c1-13(2,12(21)22)5-6-19-11(20)8-3-4-9(15)10(7-8)23-14(16,17)18/h3-4,7H,5-6H2,1-2H3,(H,19,20)(H,21,22). The first kappa shape index (κ1) is 19.3. The van der Waals surface area contributed by atoms with Crippen LogP contribution < -0.4 is 10.1 Å². The number of amides is 1. The van der Waals surface area contributed by atoms with E-state index in [1.807, 2.05) is 0 Å². The Morgan fingerprint density at radius 1 is 1.30 bits per heavy atom. The van der Waals surface area contributed by atoms with E-state index in [1.165, 1.54) is 26.0 Å². The van der Waals surface area contributed by atoms with Crippen LogP contribution in [0.25, 0.3) is 0 Å². The number of hydrogen-bond acceptors (Lipinski definition) is 3. The molecule has 0 aliphatic rings. The molecule has 0 radical (unpaired) electrons. The quantitative estimate of drug-likeness (QED) is 0.768. The van der Waals surface area contributed by atoms with Crippen molar-refractivity contribution >= 4 is 27.8 Å². The molecule has 2 N–H and O–H groups in total. The average Bonchev–Trinajstić information content (AvgIpc) is 2.39. The van der Waals surface area contributed by atoms with Gasteiger partial charge in [-0.2, -0.15) is 0 Å². The number of ether oxygens (including phenoxy) is 1. The molecule has 5 nitrogen and oxygen atoms in total. The van der Waals surface area contributed by atoms with Crippen molar-refractivity contribution in [3.8, 4) is 5.75 Å². The largest absolute Gasteiger partial charge is 0.573 e. The number of carboxylic acids is 1. The van der Waals surface area contributed by atoms with Gasteiger partial charge in [-0.1, -0.05) is 0 Å². The summed E-state index contributed by atoms with van der Waals surface area (Å²) in [6.45, 7) is 3.09. The Morgan fingerprint density at radius 2 is 1.91 bits per heavy atom. The summed E-state index contributed by atoms with van der Waals surface area (Å²) in [4.78, 5) is 22.9. The minimum atomic E-state index is -4.87. The Balaban J connectivity index is 2.74. The molecule has 0 heterocycles. The maximum absolute atomic E-state index is 12.3. The molecule has 0 aromatic heterocycles.